The largest absolute Gasteiger partial charge is 0.460 e. The topological polar surface area (TPSA) is 60.4 Å². The van der Waals surface area contributed by atoms with Gasteiger partial charge in [-0.1, -0.05) is 19.9 Å². The number of ketones is 2. The third-order valence-corrected chi connectivity index (χ3v) is 2.84. The van der Waals surface area contributed by atoms with Gasteiger partial charge in [0.15, 0.2) is 5.78 Å². The van der Waals surface area contributed by atoms with Gasteiger partial charge in [-0.05, 0) is 31.3 Å². The average Bonchev–Trinajstić information content (AvgIpc) is 2.22. The van der Waals surface area contributed by atoms with Gasteiger partial charge in [-0.2, -0.15) is 0 Å². The minimum atomic E-state index is -0.906. The number of Topliss-reactive ketones (excluding diaryl/α,β-unsaturated/α-hetero) is 2. The van der Waals surface area contributed by atoms with Crippen molar-refractivity contribution in [3.8, 4) is 0 Å². The Morgan fingerprint density at radius 2 is 2.06 bits per heavy atom. The number of carbonyl (C=O) groups excluding carboxylic acids is 3. The lowest BCUT2D eigenvalue weighted by molar-refractivity contribution is -0.157. The molecule has 0 aliphatic heterocycles. The first-order valence-electron chi connectivity index (χ1n) is 5.73. The molecule has 1 aliphatic rings. The molecule has 4 nitrogen and oxygen atoms in total. The van der Waals surface area contributed by atoms with E-state index in [0.717, 1.165) is 0 Å². The molecule has 0 amide bonds. The van der Waals surface area contributed by atoms with E-state index in [1.54, 1.807) is 13.8 Å². The molecule has 1 rings (SSSR count). The SMILES string of the molecule is CCOC(=O)C(=O)C1CC(C)(C)C=C(C)C1=O. The van der Waals surface area contributed by atoms with E-state index < -0.39 is 17.7 Å². The highest BCUT2D eigenvalue weighted by atomic mass is 16.5. The van der Waals surface area contributed by atoms with Gasteiger partial charge >= 0.3 is 5.97 Å². The molecule has 0 saturated carbocycles. The van der Waals surface area contributed by atoms with Gasteiger partial charge in [-0.3, -0.25) is 9.59 Å². The van der Waals surface area contributed by atoms with Crippen molar-refractivity contribution in [3.05, 3.63) is 11.6 Å². The predicted octanol–water partition coefficient (Wildman–Crippen LogP) is 1.68. The van der Waals surface area contributed by atoms with E-state index in [0.29, 0.717) is 12.0 Å². The molecule has 0 aromatic rings. The first-order valence-corrected chi connectivity index (χ1v) is 5.73. The van der Waals surface area contributed by atoms with E-state index in [1.165, 1.54) is 0 Å². The molecule has 0 fully saturated rings. The summed E-state index contributed by atoms with van der Waals surface area (Å²) in [4.78, 5) is 35.0. The lowest BCUT2D eigenvalue weighted by Gasteiger charge is -2.30. The van der Waals surface area contributed by atoms with Crippen LogP contribution in [0.4, 0.5) is 0 Å². The molecule has 4 heteroatoms. The van der Waals surface area contributed by atoms with E-state index in [1.807, 2.05) is 19.9 Å². The third-order valence-electron chi connectivity index (χ3n) is 2.84. The molecule has 0 N–H and O–H groups in total. The second kappa shape index (κ2) is 4.82. The van der Waals surface area contributed by atoms with Crippen molar-refractivity contribution in [2.75, 3.05) is 6.61 Å². The van der Waals surface area contributed by atoms with Gasteiger partial charge < -0.3 is 4.74 Å². The van der Waals surface area contributed by atoms with Gasteiger partial charge in [-0.15, -0.1) is 0 Å². The zero-order valence-corrected chi connectivity index (χ0v) is 10.7. The third kappa shape index (κ3) is 3.02. The van der Waals surface area contributed by atoms with Crippen molar-refractivity contribution in [2.24, 2.45) is 11.3 Å². The highest BCUT2D eigenvalue weighted by molar-refractivity contribution is 6.39. The Labute approximate surface area is 101 Å². The number of allylic oxidation sites excluding steroid dienone is 2. The summed E-state index contributed by atoms with van der Waals surface area (Å²) in [6, 6.07) is 0. The maximum Gasteiger partial charge on any atom is 0.375 e. The van der Waals surface area contributed by atoms with Crippen molar-refractivity contribution in [1.82, 2.24) is 0 Å². The number of ether oxygens (including phenoxy) is 1. The summed E-state index contributed by atoms with van der Waals surface area (Å²) in [7, 11) is 0. The molecule has 0 aromatic heterocycles. The van der Waals surface area contributed by atoms with Crippen molar-refractivity contribution in [2.45, 2.75) is 34.1 Å². The lowest BCUT2D eigenvalue weighted by Crippen LogP contribution is -2.38. The van der Waals surface area contributed by atoms with Crippen LogP contribution in [0.25, 0.3) is 0 Å². The zero-order chi connectivity index (χ0) is 13.2. The highest BCUT2D eigenvalue weighted by Crippen LogP contribution is 2.35. The summed E-state index contributed by atoms with van der Waals surface area (Å²) < 4.78 is 4.65. The maximum atomic E-state index is 11.9. The van der Waals surface area contributed by atoms with Gasteiger partial charge in [0.1, 0.15) is 0 Å². The molecular formula is C13H18O4. The maximum absolute atomic E-state index is 11.9. The molecule has 0 bridgehead atoms. The molecule has 1 aliphatic carbocycles. The van der Waals surface area contributed by atoms with Crippen LogP contribution in [0, 0.1) is 11.3 Å². The average molecular weight is 238 g/mol. The van der Waals surface area contributed by atoms with E-state index in [4.69, 9.17) is 0 Å². The van der Waals surface area contributed by atoms with Crippen molar-refractivity contribution < 1.29 is 19.1 Å². The van der Waals surface area contributed by atoms with Crippen molar-refractivity contribution >= 4 is 17.5 Å². The second-order valence-electron chi connectivity index (χ2n) is 5.02. The molecule has 17 heavy (non-hydrogen) atoms. The van der Waals surface area contributed by atoms with Crippen LogP contribution in [0.5, 0.6) is 0 Å². The second-order valence-corrected chi connectivity index (χ2v) is 5.02. The lowest BCUT2D eigenvalue weighted by atomic mass is 9.72. The first kappa shape index (κ1) is 13.6. The minimum absolute atomic E-state index is 0.143. The van der Waals surface area contributed by atoms with Crippen LogP contribution in [0.3, 0.4) is 0 Å². The number of carbonyl (C=O) groups is 3. The Morgan fingerprint density at radius 3 is 2.59 bits per heavy atom. The molecular weight excluding hydrogens is 220 g/mol. The molecule has 0 radical (unpaired) electrons. The summed E-state index contributed by atoms with van der Waals surface area (Å²) >= 11 is 0. The summed E-state index contributed by atoms with van der Waals surface area (Å²) in [5.74, 6) is -2.77. The van der Waals surface area contributed by atoms with E-state index >= 15 is 0 Å². The summed E-state index contributed by atoms with van der Waals surface area (Å²) in [5, 5.41) is 0. The van der Waals surface area contributed by atoms with Gasteiger partial charge in [-0.25, -0.2) is 4.79 Å². The van der Waals surface area contributed by atoms with Crippen molar-refractivity contribution in [1.29, 1.82) is 0 Å². The highest BCUT2D eigenvalue weighted by Gasteiger charge is 2.40. The van der Waals surface area contributed by atoms with Crippen LogP contribution >= 0.6 is 0 Å². The molecule has 1 unspecified atom stereocenters. The van der Waals surface area contributed by atoms with Crippen LogP contribution in [-0.2, 0) is 19.1 Å². The Balaban J connectivity index is 2.93. The molecule has 0 heterocycles. The minimum Gasteiger partial charge on any atom is -0.460 e. The Hall–Kier alpha value is -1.45. The number of hydrogen-bond donors (Lipinski definition) is 0. The Kier molecular flexibility index (Phi) is 3.86. The van der Waals surface area contributed by atoms with Crippen LogP contribution in [0.2, 0.25) is 0 Å². The van der Waals surface area contributed by atoms with Crippen LogP contribution in [-0.4, -0.2) is 24.1 Å². The van der Waals surface area contributed by atoms with Crippen LogP contribution in [0.1, 0.15) is 34.1 Å². The molecule has 1 atom stereocenters. The quantitative estimate of drug-likeness (QED) is 0.426. The summed E-state index contributed by atoms with van der Waals surface area (Å²) in [6.45, 7) is 7.32. The fourth-order valence-electron chi connectivity index (χ4n) is 2.17. The summed E-state index contributed by atoms with van der Waals surface area (Å²) in [5.41, 5.74) is 0.300. The Morgan fingerprint density at radius 1 is 1.47 bits per heavy atom. The number of hydrogen-bond acceptors (Lipinski definition) is 4. The zero-order valence-electron chi connectivity index (χ0n) is 10.7. The molecule has 0 spiro atoms. The molecule has 0 aromatic carbocycles. The monoisotopic (exact) mass is 238 g/mol. The van der Waals surface area contributed by atoms with E-state index in [2.05, 4.69) is 4.74 Å². The Bertz CT molecular complexity index is 390. The molecule has 0 saturated heterocycles. The van der Waals surface area contributed by atoms with Crippen LogP contribution < -0.4 is 0 Å². The van der Waals surface area contributed by atoms with Gasteiger partial charge in [0, 0.05) is 0 Å². The number of esters is 1. The van der Waals surface area contributed by atoms with Crippen LogP contribution in [0.15, 0.2) is 11.6 Å². The van der Waals surface area contributed by atoms with Crippen molar-refractivity contribution in [3.63, 3.8) is 0 Å². The fraction of sp³-hybridized carbons (Fsp3) is 0.615. The van der Waals surface area contributed by atoms with E-state index in [9.17, 15) is 14.4 Å². The van der Waals surface area contributed by atoms with Gasteiger partial charge in [0.05, 0.1) is 12.5 Å². The van der Waals surface area contributed by atoms with E-state index in [-0.39, 0.29) is 17.8 Å². The number of rotatable bonds is 3. The standard InChI is InChI=1S/C13H18O4/c1-5-17-12(16)11(15)9-7-13(3,4)6-8(2)10(9)14/h6,9H,5,7H2,1-4H3. The smallest absolute Gasteiger partial charge is 0.375 e. The van der Waals surface area contributed by atoms with Gasteiger partial charge in [0.25, 0.3) is 5.78 Å². The summed E-state index contributed by atoms with van der Waals surface area (Å²) in [6.07, 6.45) is 2.21. The first-order chi connectivity index (χ1) is 7.78. The molecule has 94 valence electrons. The fourth-order valence-corrected chi connectivity index (χ4v) is 2.17. The predicted molar refractivity (Wildman–Crippen MR) is 62.3 cm³/mol. The normalized spacial score (nSPS) is 22.9. The van der Waals surface area contributed by atoms with Gasteiger partial charge in [0.2, 0.25) is 0 Å².